The van der Waals surface area contributed by atoms with Crippen LogP contribution in [-0.4, -0.2) is 16.0 Å². The number of benzene rings is 1. The Morgan fingerprint density at radius 3 is 2.36 bits per heavy atom. The Morgan fingerprint density at radius 1 is 1.29 bits per heavy atom. The van der Waals surface area contributed by atoms with Gasteiger partial charge in [-0.2, -0.15) is 0 Å². The third kappa shape index (κ3) is 2.07. The number of rotatable bonds is 2. The first-order chi connectivity index (χ1) is 6.43. The average Bonchev–Trinajstić information content (AvgIpc) is 2.10. The minimum Gasteiger partial charge on any atom is -0.507 e. The lowest BCUT2D eigenvalue weighted by molar-refractivity contribution is 0.0936. The van der Waals surface area contributed by atoms with Gasteiger partial charge in [-0.25, -0.2) is 0 Å². The maximum atomic E-state index is 11.6. The highest BCUT2D eigenvalue weighted by molar-refractivity contribution is 9.10. The molecule has 0 aliphatic carbocycles. The van der Waals surface area contributed by atoms with E-state index in [-0.39, 0.29) is 28.8 Å². The van der Waals surface area contributed by atoms with Crippen LogP contribution in [0.15, 0.2) is 16.6 Å². The van der Waals surface area contributed by atoms with Crippen LogP contribution in [0.25, 0.3) is 0 Å². The summed E-state index contributed by atoms with van der Waals surface area (Å²) in [5.41, 5.74) is 0.227. The molecule has 0 aromatic heterocycles. The van der Waals surface area contributed by atoms with E-state index < -0.39 is 0 Å². The monoisotopic (exact) mass is 258 g/mol. The van der Waals surface area contributed by atoms with Crippen LogP contribution in [0.3, 0.4) is 0 Å². The molecule has 0 bridgehead atoms. The van der Waals surface area contributed by atoms with Crippen LogP contribution in [-0.2, 0) is 0 Å². The van der Waals surface area contributed by atoms with E-state index in [9.17, 15) is 15.0 Å². The Kier molecular flexibility index (Phi) is 3.16. The van der Waals surface area contributed by atoms with Crippen molar-refractivity contribution in [3.8, 4) is 11.5 Å². The normalized spacial score (nSPS) is 10.6. The molecular formula is C10H11BrO3. The fourth-order valence-corrected chi connectivity index (χ4v) is 1.40. The van der Waals surface area contributed by atoms with Gasteiger partial charge in [0, 0.05) is 12.0 Å². The number of hydrogen-bond acceptors (Lipinski definition) is 3. The van der Waals surface area contributed by atoms with E-state index in [0.717, 1.165) is 6.07 Å². The molecule has 4 heteroatoms. The van der Waals surface area contributed by atoms with Crippen LogP contribution in [0, 0.1) is 5.92 Å². The molecule has 0 atom stereocenters. The second-order valence-corrected chi connectivity index (χ2v) is 4.19. The SMILES string of the molecule is CC(C)C(=O)c1cc(Br)c(O)cc1O. The van der Waals surface area contributed by atoms with Crippen LogP contribution in [0.5, 0.6) is 11.5 Å². The summed E-state index contributed by atoms with van der Waals surface area (Å²) in [6.07, 6.45) is 0. The van der Waals surface area contributed by atoms with Gasteiger partial charge in [-0.1, -0.05) is 13.8 Å². The summed E-state index contributed by atoms with van der Waals surface area (Å²) in [7, 11) is 0. The number of phenols is 2. The highest BCUT2D eigenvalue weighted by Gasteiger charge is 2.16. The summed E-state index contributed by atoms with van der Waals surface area (Å²) in [5, 5.41) is 18.7. The van der Waals surface area contributed by atoms with Gasteiger partial charge in [-0.15, -0.1) is 0 Å². The summed E-state index contributed by atoms with van der Waals surface area (Å²) < 4.78 is 0.402. The zero-order valence-electron chi connectivity index (χ0n) is 7.91. The molecule has 0 saturated heterocycles. The maximum absolute atomic E-state index is 11.6. The van der Waals surface area contributed by atoms with Crippen LogP contribution >= 0.6 is 15.9 Å². The number of hydrogen-bond donors (Lipinski definition) is 2. The number of ketones is 1. The van der Waals surface area contributed by atoms with Gasteiger partial charge in [-0.3, -0.25) is 4.79 Å². The first-order valence-electron chi connectivity index (χ1n) is 4.19. The minimum atomic E-state index is -0.190. The molecule has 0 heterocycles. The van der Waals surface area contributed by atoms with E-state index in [4.69, 9.17) is 0 Å². The largest absolute Gasteiger partial charge is 0.507 e. The van der Waals surface area contributed by atoms with Crippen LogP contribution < -0.4 is 0 Å². The number of halogens is 1. The zero-order valence-corrected chi connectivity index (χ0v) is 9.50. The molecule has 0 amide bonds. The molecule has 1 aromatic carbocycles. The van der Waals surface area contributed by atoms with Gasteiger partial charge in [-0.05, 0) is 22.0 Å². The smallest absolute Gasteiger partial charge is 0.169 e. The van der Waals surface area contributed by atoms with Crippen molar-refractivity contribution in [1.82, 2.24) is 0 Å². The first kappa shape index (κ1) is 11.0. The Morgan fingerprint density at radius 2 is 1.86 bits per heavy atom. The van der Waals surface area contributed by atoms with Gasteiger partial charge in [0.1, 0.15) is 11.5 Å². The van der Waals surface area contributed by atoms with Crippen molar-refractivity contribution in [2.45, 2.75) is 13.8 Å². The highest BCUT2D eigenvalue weighted by atomic mass is 79.9. The van der Waals surface area contributed by atoms with E-state index >= 15 is 0 Å². The summed E-state index contributed by atoms with van der Waals surface area (Å²) in [4.78, 5) is 11.6. The Balaban J connectivity index is 3.22. The topological polar surface area (TPSA) is 57.5 Å². The van der Waals surface area contributed by atoms with Crippen LogP contribution in [0.2, 0.25) is 0 Å². The standard InChI is InChI=1S/C10H11BrO3/c1-5(2)10(14)6-3-7(11)9(13)4-8(6)12/h3-5,12-13H,1-2H3. The zero-order chi connectivity index (χ0) is 10.9. The van der Waals surface area contributed by atoms with E-state index in [1.54, 1.807) is 13.8 Å². The molecule has 0 saturated carbocycles. The fraction of sp³-hybridized carbons (Fsp3) is 0.300. The van der Waals surface area contributed by atoms with Gasteiger partial charge < -0.3 is 10.2 Å². The third-order valence-corrected chi connectivity index (χ3v) is 2.49. The average molecular weight is 259 g/mol. The van der Waals surface area contributed by atoms with Crippen molar-refractivity contribution in [3.63, 3.8) is 0 Å². The van der Waals surface area contributed by atoms with E-state index in [1.807, 2.05) is 0 Å². The summed E-state index contributed by atoms with van der Waals surface area (Å²) in [6, 6.07) is 2.58. The molecule has 76 valence electrons. The van der Waals surface area contributed by atoms with Crippen molar-refractivity contribution in [1.29, 1.82) is 0 Å². The molecule has 0 spiro atoms. The van der Waals surface area contributed by atoms with Crippen molar-refractivity contribution < 1.29 is 15.0 Å². The fourth-order valence-electron chi connectivity index (χ4n) is 1.06. The van der Waals surface area contributed by atoms with E-state index in [0.29, 0.717) is 4.47 Å². The van der Waals surface area contributed by atoms with Crippen LogP contribution in [0.4, 0.5) is 0 Å². The molecule has 0 aliphatic heterocycles. The van der Waals surface area contributed by atoms with Gasteiger partial charge in [0.05, 0.1) is 10.0 Å². The van der Waals surface area contributed by atoms with Gasteiger partial charge in [0.25, 0.3) is 0 Å². The second-order valence-electron chi connectivity index (χ2n) is 3.34. The highest BCUT2D eigenvalue weighted by Crippen LogP contribution is 2.32. The van der Waals surface area contributed by atoms with Crippen LogP contribution in [0.1, 0.15) is 24.2 Å². The molecule has 1 rings (SSSR count). The number of phenolic OH excluding ortho intramolecular Hbond substituents is 2. The van der Waals surface area contributed by atoms with E-state index in [2.05, 4.69) is 15.9 Å². The first-order valence-corrected chi connectivity index (χ1v) is 4.98. The van der Waals surface area contributed by atoms with Gasteiger partial charge >= 0.3 is 0 Å². The molecule has 3 nitrogen and oxygen atoms in total. The molecule has 0 unspecified atom stereocenters. The molecule has 0 fully saturated rings. The number of aromatic hydroxyl groups is 2. The predicted octanol–water partition coefficient (Wildman–Crippen LogP) is 2.70. The molecule has 0 radical (unpaired) electrons. The van der Waals surface area contributed by atoms with Gasteiger partial charge in [0.2, 0.25) is 0 Å². The Hall–Kier alpha value is -1.03. The van der Waals surface area contributed by atoms with Crippen molar-refractivity contribution in [2.75, 3.05) is 0 Å². The summed E-state index contributed by atoms with van der Waals surface area (Å²) >= 11 is 3.08. The lowest BCUT2D eigenvalue weighted by Crippen LogP contribution is -2.07. The quantitative estimate of drug-likeness (QED) is 0.803. The Bertz CT molecular complexity index is 372. The van der Waals surface area contributed by atoms with Crippen molar-refractivity contribution in [3.05, 3.63) is 22.2 Å². The van der Waals surface area contributed by atoms with Crippen molar-refractivity contribution in [2.24, 2.45) is 5.92 Å². The molecule has 14 heavy (non-hydrogen) atoms. The lowest BCUT2D eigenvalue weighted by Gasteiger charge is -2.07. The number of carbonyl (C=O) groups excluding carboxylic acids is 1. The second kappa shape index (κ2) is 4.00. The summed E-state index contributed by atoms with van der Waals surface area (Å²) in [5.74, 6) is -0.604. The van der Waals surface area contributed by atoms with Crippen molar-refractivity contribution >= 4 is 21.7 Å². The lowest BCUT2D eigenvalue weighted by atomic mass is 10.0. The minimum absolute atomic E-state index is 0.0807. The Labute approximate surface area is 90.5 Å². The predicted molar refractivity (Wildman–Crippen MR) is 56.6 cm³/mol. The molecular weight excluding hydrogens is 248 g/mol. The number of Topliss-reactive ketones (excluding diaryl/α,β-unsaturated/α-hetero) is 1. The summed E-state index contributed by atoms with van der Waals surface area (Å²) in [6.45, 7) is 3.51. The molecule has 0 aliphatic rings. The maximum Gasteiger partial charge on any atom is 0.169 e. The van der Waals surface area contributed by atoms with E-state index in [1.165, 1.54) is 6.07 Å². The van der Waals surface area contributed by atoms with Gasteiger partial charge in [0.15, 0.2) is 5.78 Å². The molecule has 2 N–H and O–H groups in total. The number of carbonyl (C=O) groups is 1. The third-order valence-electron chi connectivity index (χ3n) is 1.85. The molecule has 1 aromatic rings.